The number of carbonyl (C=O) groups excluding carboxylic acids is 2. The van der Waals surface area contributed by atoms with Crippen molar-refractivity contribution in [3.8, 4) is 0 Å². The van der Waals surface area contributed by atoms with Gasteiger partial charge in [0, 0.05) is 35.0 Å². The van der Waals surface area contributed by atoms with Gasteiger partial charge in [-0.2, -0.15) is 0 Å². The molecule has 1 fully saturated rings. The lowest BCUT2D eigenvalue weighted by Crippen LogP contribution is -2.49. The van der Waals surface area contributed by atoms with Crippen LogP contribution < -0.4 is 9.62 Å². The molecule has 1 aliphatic carbocycles. The molecule has 0 saturated heterocycles. The monoisotopic (exact) mass is 611 g/mol. The second kappa shape index (κ2) is 13.1. The van der Waals surface area contributed by atoms with Crippen LogP contribution in [0.15, 0.2) is 46.9 Å². The number of sulfonamides is 1. The molecule has 1 atom stereocenters. The molecular weight excluding hydrogens is 578 g/mol. The van der Waals surface area contributed by atoms with Crippen molar-refractivity contribution < 1.29 is 18.0 Å². The van der Waals surface area contributed by atoms with E-state index in [9.17, 15) is 18.0 Å². The van der Waals surface area contributed by atoms with Crippen LogP contribution in [-0.4, -0.2) is 50.0 Å². The van der Waals surface area contributed by atoms with Crippen LogP contribution in [0.4, 0.5) is 5.69 Å². The second-order valence-electron chi connectivity index (χ2n) is 9.64. The van der Waals surface area contributed by atoms with E-state index in [-0.39, 0.29) is 37.4 Å². The predicted molar refractivity (Wildman–Crippen MR) is 152 cm³/mol. The summed E-state index contributed by atoms with van der Waals surface area (Å²) in [5, 5.41) is 3.57. The molecule has 2 aromatic carbocycles. The minimum Gasteiger partial charge on any atom is -0.352 e. The van der Waals surface area contributed by atoms with Crippen LogP contribution in [-0.2, 0) is 26.2 Å². The molecule has 0 aliphatic heterocycles. The molecule has 202 valence electrons. The number of amides is 2. The molecular formula is C27H35BrClN3O4S. The van der Waals surface area contributed by atoms with E-state index in [2.05, 4.69) is 21.2 Å². The van der Waals surface area contributed by atoms with Gasteiger partial charge in [-0.3, -0.25) is 13.9 Å². The summed E-state index contributed by atoms with van der Waals surface area (Å²) in [7, 11) is -3.59. The highest BCUT2D eigenvalue weighted by Crippen LogP contribution is 2.28. The largest absolute Gasteiger partial charge is 0.352 e. The number of carbonyl (C=O) groups is 2. The standard InChI is InChI=1S/C27H35BrClN3O4S/c1-19-24(29)13-7-14-25(19)32(37(3,35)36)16-8-15-26(33)31(18-21-9-6-10-22(28)17-21)20(2)27(34)30-23-11-4-5-12-23/h6-7,9-10,13-14,17,20,23H,4-5,8,11-12,15-16,18H2,1-3H3,(H,30,34)/t20-/m0/s1. The lowest BCUT2D eigenvalue weighted by Gasteiger charge is -2.30. The SMILES string of the molecule is Cc1c(Cl)cccc1N(CCCC(=O)N(Cc1cccc(Br)c1)[C@@H](C)C(=O)NC1CCCC1)S(C)(=O)=O. The summed E-state index contributed by atoms with van der Waals surface area (Å²) in [4.78, 5) is 28.1. The Kier molecular flexibility index (Phi) is 10.4. The molecule has 7 nitrogen and oxygen atoms in total. The number of nitrogens with zero attached hydrogens (tertiary/aromatic N) is 2. The molecule has 0 aromatic heterocycles. The van der Waals surface area contributed by atoms with Crippen LogP contribution in [0.3, 0.4) is 0 Å². The highest BCUT2D eigenvalue weighted by atomic mass is 79.9. The maximum absolute atomic E-state index is 13.4. The zero-order valence-corrected chi connectivity index (χ0v) is 24.7. The van der Waals surface area contributed by atoms with Crippen LogP contribution >= 0.6 is 27.5 Å². The first-order valence-electron chi connectivity index (χ1n) is 12.5. The van der Waals surface area contributed by atoms with Gasteiger partial charge in [-0.05, 0) is 68.5 Å². The second-order valence-corrected chi connectivity index (χ2v) is 12.9. The molecule has 0 heterocycles. The normalized spacial score (nSPS) is 14.8. The van der Waals surface area contributed by atoms with Crippen LogP contribution in [0.2, 0.25) is 5.02 Å². The number of benzene rings is 2. The number of rotatable bonds is 11. The van der Waals surface area contributed by atoms with Crippen molar-refractivity contribution in [1.82, 2.24) is 10.2 Å². The van der Waals surface area contributed by atoms with E-state index in [1.807, 2.05) is 24.3 Å². The van der Waals surface area contributed by atoms with Gasteiger partial charge >= 0.3 is 0 Å². The number of hydrogen-bond acceptors (Lipinski definition) is 4. The van der Waals surface area contributed by atoms with Gasteiger partial charge in [0.2, 0.25) is 21.8 Å². The van der Waals surface area contributed by atoms with Gasteiger partial charge in [0.1, 0.15) is 6.04 Å². The van der Waals surface area contributed by atoms with Crippen molar-refractivity contribution in [1.29, 1.82) is 0 Å². The van der Waals surface area contributed by atoms with Crippen molar-refractivity contribution >= 4 is 55.1 Å². The van der Waals surface area contributed by atoms with Crippen LogP contribution in [0, 0.1) is 6.92 Å². The summed E-state index contributed by atoms with van der Waals surface area (Å²) < 4.78 is 27.3. The fraction of sp³-hybridized carbons (Fsp3) is 0.481. The van der Waals surface area contributed by atoms with E-state index in [0.29, 0.717) is 22.7 Å². The third-order valence-corrected chi connectivity index (χ3v) is 8.85. The molecule has 2 amide bonds. The van der Waals surface area contributed by atoms with Gasteiger partial charge in [-0.15, -0.1) is 0 Å². The Morgan fingerprint density at radius 3 is 2.49 bits per heavy atom. The van der Waals surface area contributed by atoms with E-state index in [1.54, 1.807) is 36.9 Å². The molecule has 1 N–H and O–H groups in total. The maximum atomic E-state index is 13.4. The van der Waals surface area contributed by atoms with E-state index >= 15 is 0 Å². The Balaban J connectivity index is 1.74. The third-order valence-electron chi connectivity index (χ3n) is 6.77. The first kappa shape index (κ1) is 29.5. The molecule has 0 radical (unpaired) electrons. The molecule has 37 heavy (non-hydrogen) atoms. The summed E-state index contributed by atoms with van der Waals surface area (Å²) >= 11 is 9.69. The predicted octanol–water partition coefficient (Wildman–Crippen LogP) is 5.43. The minimum atomic E-state index is -3.59. The molecule has 0 spiro atoms. The van der Waals surface area contributed by atoms with Gasteiger partial charge in [0.15, 0.2) is 0 Å². The van der Waals surface area contributed by atoms with Crippen molar-refractivity contribution in [3.05, 3.63) is 63.1 Å². The van der Waals surface area contributed by atoms with Crippen LogP contribution in [0.25, 0.3) is 0 Å². The van der Waals surface area contributed by atoms with E-state index in [0.717, 1.165) is 42.0 Å². The highest BCUT2D eigenvalue weighted by molar-refractivity contribution is 9.10. The zero-order valence-electron chi connectivity index (χ0n) is 21.5. The van der Waals surface area contributed by atoms with Crippen molar-refractivity contribution in [2.75, 3.05) is 17.1 Å². The Morgan fingerprint density at radius 1 is 1.16 bits per heavy atom. The molecule has 1 aliphatic rings. The molecule has 0 bridgehead atoms. The van der Waals surface area contributed by atoms with Crippen molar-refractivity contribution in [2.24, 2.45) is 0 Å². The van der Waals surface area contributed by atoms with Gasteiger partial charge in [0.05, 0.1) is 11.9 Å². The fourth-order valence-corrected chi connectivity index (χ4v) is 6.29. The van der Waals surface area contributed by atoms with E-state index < -0.39 is 16.1 Å². The average Bonchev–Trinajstić information content (AvgIpc) is 3.34. The van der Waals surface area contributed by atoms with Gasteiger partial charge in [0.25, 0.3) is 0 Å². The number of anilines is 1. The zero-order chi connectivity index (χ0) is 27.2. The summed E-state index contributed by atoms with van der Waals surface area (Å²) in [5.41, 5.74) is 2.06. The Bertz CT molecular complexity index is 1220. The average molecular weight is 613 g/mol. The number of nitrogens with one attached hydrogen (secondary N) is 1. The minimum absolute atomic E-state index is 0.0979. The van der Waals surface area contributed by atoms with Gasteiger partial charge in [-0.25, -0.2) is 8.42 Å². The molecule has 2 aromatic rings. The lowest BCUT2D eigenvalue weighted by atomic mass is 10.1. The van der Waals surface area contributed by atoms with E-state index in [1.165, 1.54) is 4.31 Å². The molecule has 1 saturated carbocycles. The van der Waals surface area contributed by atoms with Crippen LogP contribution in [0.1, 0.15) is 56.6 Å². The summed E-state index contributed by atoms with van der Waals surface area (Å²) in [6.45, 7) is 3.92. The highest BCUT2D eigenvalue weighted by Gasteiger charge is 2.29. The van der Waals surface area contributed by atoms with Crippen molar-refractivity contribution in [2.45, 2.75) is 71.0 Å². The maximum Gasteiger partial charge on any atom is 0.242 e. The van der Waals surface area contributed by atoms with Gasteiger partial charge in [-0.1, -0.05) is 58.6 Å². The molecule has 10 heteroatoms. The summed E-state index contributed by atoms with van der Waals surface area (Å²) in [6, 6.07) is 12.3. The van der Waals surface area contributed by atoms with Gasteiger partial charge < -0.3 is 10.2 Å². The van der Waals surface area contributed by atoms with Crippen molar-refractivity contribution in [3.63, 3.8) is 0 Å². The first-order valence-corrected chi connectivity index (χ1v) is 15.6. The first-order chi connectivity index (χ1) is 17.5. The van der Waals surface area contributed by atoms with Crippen LogP contribution in [0.5, 0.6) is 0 Å². The van der Waals surface area contributed by atoms with E-state index in [4.69, 9.17) is 11.6 Å². The topological polar surface area (TPSA) is 86.8 Å². The lowest BCUT2D eigenvalue weighted by molar-refractivity contribution is -0.141. The summed E-state index contributed by atoms with van der Waals surface area (Å²) in [6.07, 6.45) is 5.66. The molecule has 0 unspecified atom stereocenters. The smallest absolute Gasteiger partial charge is 0.242 e. The third kappa shape index (κ3) is 8.19. The molecule has 3 rings (SSSR count). The number of hydrogen-bond donors (Lipinski definition) is 1. The Hall–Kier alpha value is -2.10. The quantitative estimate of drug-likeness (QED) is 0.367. The Morgan fingerprint density at radius 2 is 1.84 bits per heavy atom. The Labute approximate surface area is 233 Å². The number of halogens is 2. The fourth-order valence-electron chi connectivity index (χ4n) is 4.66. The summed E-state index contributed by atoms with van der Waals surface area (Å²) in [5.74, 6) is -0.368.